The van der Waals surface area contributed by atoms with Crippen molar-refractivity contribution in [2.24, 2.45) is 0 Å². The van der Waals surface area contributed by atoms with Crippen molar-refractivity contribution < 1.29 is 31.1 Å². The lowest BCUT2D eigenvalue weighted by Gasteiger charge is -2.27. The van der Waals surface area contributed by atoms with Gasteiger partial charge in [-0.2, -0.15) is 0 Å². The minimum atomic E-state index is -4.99. The summed E-state index contributed by atoms with van der Waals surface area (Å²) in [5.41, 5.74) is 1.14. The molecule has 7 heteroatoms. The molecule has 0 aromatic heterocycles. The largest absolute Gasteiger partial charge is 0.573 e. The SMILES string of the molecule is CCCCCCc1cc(F)c(C2CCc3c(ccc(OC(F)(F)F)c3F)C2)c(F)c1. The second-order valence-corrected chi connectivity index (χ2v) is 7.79. The number of fused-ring (bicyclic) bond motifs is 1. The van der Waals surface area contributed by atoms with Crippen LogP contribution >= 0.6 is 0 Å². The fraction of sp³-hybridized carbons (Fsp3) is 0.478. The summed E-state index contributed by atoms with van der Waals surface area (Å²) in [6, 6.07) is 4.97. The molecule has 0 heterocycles. The zero-order valence-electron chi connectivity index (χ0n) is 16.7. The highest BCUT2D eigenvalue weighted by molar-refractivity contribution is 5.42. The van der Waals surface area contributed by atoms with Crippen molar-refractivity contribution in [3.05, 3.63) is 64.0 Å². The molecule has 0 radical (unpaired) electrons. The van der Waals surface area contributed by atoms with Gasteiger partial charge in [0.2, 0.25) is 0 Å². The van der Waals surface area contributed by atoms with E-state index in [4.69, 9.17) is 0 Å². The molecule has 0 bridgehead atoms. The van der Waals surface area contributed by atoms with Crippen LogP contribution in [0.2, 0.25) is 0 Å². The van der Waals surface area contributed by atoms with Crippen molar-refractivity contribution in [3.63, 3.8) is 0 Å². The lowest BCUT2D eigenvalue weighted by Crippen LogP contribution is -2.20. The maximum Gasteiger partial charge on any atom is 0.573 e. The third-order valence-electron chi connectivity index (χ3n) is 5.61. The van der Waals surface area contributed by atoms with Crippen molar-refractivity contribution in [1.29, 1.82) is 0 Å². The van der Waals surface area contributed by atoms with Crippen molar-refractivity contribution in [3.8, 4) is 5.75 Å². The van der Waals surface area contributed by atoms with E-state index >= 15 is 0 Å². The molecule has 164 valence electrons. The van der Waals surface area contributed by atoms with Crippen LogP contribution in [0.15, 0.2) is 24.3 Å². The van der Waals surface area contributed by atoms with Crippen LogP contribution in [0.4, 0.5) is 26.3 Å². The van der Waals surface area contributed by atoms with Gasteiger partial charge in [-0.3, -0.25) is 0 Å². The Kier molecular flexibility index (Phi) is 6.98. The molecule has 1 atom stereocenters. The first kappa shape index (κ1) is 22.5. The predicted octanol–water partition coefficient (Wildman–Crippen LogP) is 7.40. The zero-order valence-corrected chi connectivity index (χ0v) is 16.7. The standard InChI is InChI=1S/C23H24F6O/c1-2-3-4-5-6-14-11-18(24)21(19(25)12-14)16-7-9-17-15(13-16)8-10-20(22(17)26)30-23(27,28)29/h8,10-12,16H,2-7,9,13H2,1H3. The second-order valence-electron chi connectivity index (χ2n) is 7.79. The monoisotopic (exact) mass is 430 g/mol. The van der Waals surface area contributed by atoms with E-state index in [1.807, 2.05) is 0 Å². The first-order chi connectivity index (χ1) is 14.2. The average molecular weight is 430 g/mol. The van der Waals surface area contributed by atoms with Gasteiger partial charge in [0.15, 0.2) is 11.6 Å². The quantitative estimate of drug-likeness (QED) is 0.329. The van der Waals surface area contributed by atoms with Crippen LogP contribution in [-0.2, 0) is 19.3 Å². The Labute approximate surface area is 172 Å². The number of hydrogen-bond donors (Lipinski definition) is 0. The first-order valence-corrected chi connectivity index (χ1v) is 10.2. The van der Waals surface area contributed by atoms with Crippen LogP contribution in [-0.4, -0.2) is 6.36 Å². The molecular formula is C23H24F6O. The highest BCUT2D eigenvalue weighted by atomic mass is 19.4. The Morgan fingerprint density at radius 3 is 2.33 bits per heavy atom. The van der Waals surface area contributed by atoms with E-state index < -0.39 is 35.5 Å². The lowest BCUT2D eigenvalue weighted by atomic mass is 9.79. The minimum Gasteiger partial charge on any atom is -0.403 e. The van der Waals surface area contributed by atoms with Gasteiger partial charge in [0.25, 0.3) is 0 Å². The van der Waals surface area contributed by atoms with Crippen LogP contribution in [0.25, 0.3) is 0 Å². The summed E-state index contributed by atoms with van der Waals surface area (Å²) in [6.45, 7) is 2.09. The maximum absolute atomic E-state index is 14.7. The third-order valence-corrected chi connectivity index (χ3v) is 5.61. The molecule has 1 nitrogen and oxygen atoms in total. The van der Waals surface area contributed by atoms with Crippen LogP contribution in [0, 0.1) is 17.5 Å². The van der Waals surface area contributed by atoms with Gasteiger partial charge in [-0.15, -0.1) is 13.2 Å². The molecule has 0 N–H and O–H groups in total. The topological polar surface area (TPSA) is 9.23 Å². The first-order valence-electron chi connectivity index (χ1n) is 10.2. The van der Waals surface area contributed by atoms with Gasteiger partial charge < -0.3 is 4.74 Å². The molecule has 1 aliphatic rings. The third kappa shape index (κ3) is 5.29. The number of hydrogen-bond acceptors (Lipinski definition) is 1. The fourth-order valence-electron chi connectivity index (χ4n) is 4.16. The average Bonchev–Trinajstić information content (AvgIpc) is 2.66. The lowest BCUT2D eigenvalue weighted by molar-refractivity contribution is -0.275. The normalized spacial score (nSPS) is 16.4. The minimum absolute atomic E-state index is 0.0333. The molecule has 3 rings (SSSR count). The van der Waals surface area contributed by atoms with E-state index in [1.165, 1.54) is 18.2 Å². The molecule has 1 aliphatic carbocycles. The Hall–Kier alpha value is -2.18. The summed E-state index contributed by atoms with van der Waals surface area (Å²) < 4.78 is 84.8. The fourth-order valence-corrected chi connectivity index (χ4v) is 4.16. The number of halogens is 6. The number of alkyl halides is 3. The van der Waals surface area contributed by atoms with Gasteiger partial charge in [0, 0.05) is 5.56 Å². The molecular weight excluding hydrogens is 406 g/mol. The van der Waals surface area contributed by atoms with E-state index in [2.05, 4.69) is 11.7 Å². The van der Waals surface area contributed by atoms with Crippen molar-refractivity contribution in [2.45, 2.75) is 70.6 Å². The van der Waals surface area contributed by atoms with Crippen LogP contribution in [0.5, 0.6) is 5.75 Å². The Morgan fingerprint density at radius 1 is 1.00 bits per heavy atom. The molecule has 0 amide bonds. The van der Waals surface area contributed by atoms with Gasteiger partial charge in [-0.1, -0.05) is 32.3 Å². The van der Waals surface area contributed by atoms with Gasteiger partial charge in [-0.25, -0.2) is 13.2 Å². The molecule has 2 aromatic rings. The highest BCUT2D eigenvalue weighted by Crippen LogP contribution is 2.39. The van der Waals surface area contributed by atoms with E-state index in [1.54, 1.807) is 0 Å². The van der Waals surface area contributed by atoms with Crippen LogP contribution < -0.4 is 4.74 Å². The Balaban J connectivity index is 1.77. The molecule has 30 heavy (non-hydrogen) atoms. The zero-order chi connectivity index (χ0) is 21.9. The summed E-state index contributed by atoms with van der Waals surface area (Å²) in [7, 11) is 0. The smallest absolute Gasteiger partial charge is 0.403 e. The van der Waals surface area contributed by atoms with Gasteiger partial charge in [-0.05, 0) is 72.9 Å². The maximum atomic E-state index is 14.7. The second kappa shape index (κ2) is 9.31. The van der Waals surface area contributed by atoms with Crippen LogP contribution in [0.1, 0.15) is 67.2 Å². The molecule has 2 aromatic carbocycles. The Morgan fingerprint density at radius 2 is 1.70 bits per heavy atom. The number of rotatable bonds is 7. The summed E-state index contributed by atoms with van der Waals surface area (Å²) in [4.78, 5) is 0. The molecule has 0 fully saturated rings. The molecule has 0 saturated heterocycles. The summed E-state index contributed by atoms with van der Waals surface area (Å²) in [5, 5.41) is 0. The molecule has 1 unspecified atom stereocenters. The summed E-state index contributed by atoms with van der Waals surface area (Å²) >= 11 is 0. The Bertz CT molecular complexity index is 867. The van der Waals surface area contributed by atoms with Crippen molar-refractivity contribution in [1.82, 2.24) is 0 Å². The van der Waals surface area contributed by atoms with Crippen molar-refractivity contribution >= 4 is 0 Å². The molecule has 0 saturated carbocycles. The summed E-state index contributed by atoms with van der Waals surface area (Å²) in [5.74, 6) is -3.69. The van der Waals surface area contributed by atoms with Crippen molar-refractivity contribution in [2.75, 3.05) is 0 Å². The van der Waals surface area contributed by atoms with E-state index in [-0.39, 0.29) is 30.4 Å². The highest BCUT2D eigenvalue weighted by Gasteiger charge is 2.34. The predicted molar refractivity (Wildman–Crippen MR) is 102 cm³/mol. The molecule has 0 spiro atoms. The number of ether oxygens (including phenoxy) is 1. The molecule has 0 aliphatic heterocycles. The van der Waals surface area contributed by atoms with E-state index in [9.17, 15) is 26.3 Å². The number of aryl methyl sites for hydroxylation is 1. The van der Waals surface area contributed by atoms with Gasteiger partial charge >= 0.3 is 6.36 Å². The van der Waals surface area contributed by atoms with Gasteiger partial charge in [0.1, 0.15) is 11.6 Å². The van der Waals surface area contributed by atoms with Gasteiger partial charge in [0.05, 0.1) is 0 Å². The number of unbranched alkanes of at least 4 members (excludes halogenated alkanes) is 3. The van der Waals surface area contributed by atoms with E-state index in [0.717, 1.165) is 31.7 Å². The van der Waals surface area contributed by atoms with E-state index in [0.29, 0.717) is 17.5 Å². The van der Waals surface area contributed by atoms with Crippen LogP contribution in [0.3, 0.4) is 0 Å². The summed E-state index contributed by atoms with van der Waals surface area (Å²) in [6.07, 6.45) is 0.124. The number of benzene rings is 2.